The van der Waals surface area contributed by atoms with Gasteiger partial charge in [-0.1, -0.05) is 12.2 Å². The summed E-state index contributed by atoms with van der Waals surface area (Å²) in [5, 5.41) is 0. The highest BCUT2D eigenvalue weighted by molar-refractivity contribution is 7.12. The Labute approximate surface area is 88.2 Å². The SMILES string of the molecule is C=C(C)Cc1ccc(C2OCCO2)s1. The quantitative estimate of drug-likeness (QED) is 0.714. The van der Waals surface area contributed by atoms with E-state index in [0.717, 1.165) is 6.42 Å². The Bertz CT molecular complexity index is 324. The van der Waals surface area contributed by atoms with Crippen LogP contribution in [-0.4, -0.2) is 13.2 Å². The molecule has 0 amide bonds. The van der Waals surface area contributed by atoms with Gasteiger partial charge >= 0.3 is 0 Å². The summed E-state index contributed by atoms with van der Waals surface area (Å²) in [6.07, 6.45) is 0.830. The van der Waals surface area contributed by atoms with Crippen LogP contribution in [0.2, 0.25) is 0 Å². The summed E-state index contributed by atoms with van der Waals surface area (Å²) in [4.78, 5) is 2.49. The lowest BCUT2D eigenvalue weighted by Gasteiger charge is -2.04. The Balaban J connectivity index is 2.05. The molecule has 0 bridgehead atoms. The highest BCUT2D eigenvalue weighted by Crippen LogP contribution is 2.30. The van der Waals surface area contributed by atoms with Gasteiger partial charge in [0.25, 0.3) is 0 Å². The molecule has 1 aliphatic heterocycles. The third kappa shape index (κ3) is 2.23. The first-order chi connectivity index (χ1) is 6.75. The predicted molar refractivity (Wildman–Crippen MR) is 57.5 cm³/mol. The van der Waals surface area contributed by atoms with Crippen LogP contribution in [0.4, 0.5) is 0 Å². The summed E-state index contributed by atoms with van der Waals surface area (Å²) in [6, 6.07) is 4.21. The van der Waals surface area contributed by atoms with E-state index in [-0.39, 0.29) is 6.29 Å². The van der Waals surface area contributed by atoms with Crippen LogP contribution in [0, 0.1) is 0 Å². The largest absolute Gasteiger partial charge is 0.345 e. The molecule has 1 saturated heterocycles. The minimum absolute atomic E-state index is 0.126. The first kappa shape index (κ1) is 9.90. The van der Waals surface area contributed by atoms with Crippen molar-refractivity contribution < 1.29 is 9.47 Å². The molecule has 0 saturated carbocycles. The topological polar surface area (TPSA) is 18.5 Å². The second-order valence-electron chi connectivity index (χ2n) is 3.51. The van der Waals surface area contributed by atoms with Crippen molar-refractivity contribution in [3.05, 3.63) is 34.0 Å². The molecule has 14 heavy (non-hydrogen) atoms. The van der Waals surface area contributed by atoms with Crippen molar-refractivity contribution in [1.29, 1.82) is 0 Å². The maximum Gasteiger partial charge on any atom is 0.193 e. The van der Waals surface area contributed by atoms with Crippen LogP contribution in [0.3, 0.4) is 0 Å². The van der Waals surface area contributed by atoms with Crippen LogP contribution in [0.5, 0.6) is 0 Å². The number of thiophene rings is 1. The molecule has 0 aliphatic carbocycles. The van der Waals surface area contributed by atoms with Crippen LogP contribution in [-0.2, 0) is 15.9 Å². The average molecular weight is 210 g/mol. The summed E-state index contributed by atoms with van der Waals surface area (Å²) in [7, 11) is 0. The average Bonchev–Trinajstić information content (AvgIpc) is 2.69. The van der Waals surface area contributed by atoms with Gasteiger partial charge < -0.3 is 9.47 Å². The van der Waals surface area contributed by atoms with E-state index in [1.165, 1.54) is 15.3 Å². The molecule has 2 rings (SSSR count). The second-order valence-corrected chi connectivity index (χ2v) is 4.71. The maximum absolute atomic E-state index is 5.42. The number of ether oxygens (including phenoxy) is 2. The Morgan fingerprint density at radius 2 is 2.21 bits per heavy atom. The van der Waals surface area contributed by atoms with Crippen LogP contribution in [0.25, 0.3) is 0 Å². The van der Waals surface area contributed by atoms with Gasteiger partial charge in [-0.3, -0.25) is 0 Å². The number of rotatable bonds is 3. The third-order valence-corrected chi connectivity index (χ3v) is 3.12. The van der Waals surface area contributed by atoms with Crippen molar-refractivity contribution in [2.24, 2.45) is 0 Å². The van der Waals surface area contributed by atoms with Crippen molar-refractivity contribution in [2.75, 3.05) is 13.2 Å². The minimum Gasteiger partial charge on any atom is -0.345 e. The van der Waals surface area contributed by atoms with Gasteiger partial charge in [-0.15, -0.1) is 11.3 Å². The van der Waals surface area contributed by atoms with Gasteiger partial charge in [0.15, 0.2) is 6.29 Å². The van der Waals surface area contributed by atoms with Gasteiger partial charge in [0.05, 0.1) is 18.1 Å². The zero-order valence-corrected chi connectivity index (χ0v) is 9.10. The van der Waals surface area contributed by atoms with Crippen molar-refractivity contribution in [3.63, 3.8) is 0 Å². The van der Waals surface area contributed by atoms with E-state index in [0.29, 0.717) is 13.2 Å². The highest BCUT2D eigenvalue weighted by Gasteiger charge is 2.19. The fraction of sp³-hybridized carbons (Fsp3) is 0.455. The summed E-state index contributed by atoms with van der Waals surface area (Å²) < 4.78 is 10.8. The Hall–Kier alpha value is -0.640. The lowest BCUT2D eigenvalue weighted by Crippen LogP contribution is -1.93. The molecule has 2 nitrogen and oxygen atoms in total. The maximum atomic E-state index is 5.42. The van der Waals surface area contributed by atoms with Gasteiger partial charge in [0.1, 0.15) is 0 Å². The minimum atomic E-state index is -0.126. The van der Waals surface area contributed by atoms with Crippen LogP contribution >= 0.6 is 11.3 Å². The van der Waals surface area contributed by atoms with Gasteiger partial charge in [-0.2, -0.15) is 0 Å². The van der Waals surface area contributed by atoms with E-state index in [4.69, 9.17) is 9.47 Å². The van der Waals surface area contributed by atoms with E-state index in [1.807, 2.05) is 6.92 Å². The summed E-state index contributed by atoms with van der Waals surface area (Å²) in [5.74, 6) is 0. The molecule has 1 aliphatic rings. The van der Waals surface area contributed by atoms with Crippen molar-refractivity contribution in [2.45, 2.75) is 19.6 Å². The van der Waals surface area contributed by atoms with E-state index in [9.17, 15) is 0 Å². The van der Waals surface area contributed by atoms with Crippen molar-refractivity contribution in [3.8, 4) is 0 Å². The molecule has 1 fully saturated rings. The molecule has 0 radical (unpaired) electrons. The van der Waals surface area contributed by atoms with Gasteiger partial charge in [0.2, 0.25) is 0 Å². The predicted octanol–water partition coefficient (Wildman–Crippen LogP) is 2.91. The first-order valence-electron chi connectivity index (χ1n) is 4.72. The van der Waals surface area contributed by atoms with E-state index in [1.54, 1.807) is 11.3 Å². The second kappa shape index (κ2) is 4.26. The van der Waals surface area contributed by atoms with Crippen LogP contribution in [0.1, 0.15) is 23.0 Å². The summed E-state index contributed by atoms with van der Waals surface area (Å²) in [5.41, 5.74) is 1.19. The van der Waals surface area contributed by atoms with Crippen LogP contribution in [0.15, 0.2) is 24.3 Å². The molecule has 1 aromatic heterocycles. The summed E-state index contributed by atoms with van der Waals surface area (Å²) in [6.45, 7) is 7.36. The van der Waals surface area contributed by atoms with E-state index >= 15 is 0 Å². The zero-order chi connectivity index (χ0) is 9.97. The molecule has 76 valence electrons. The van der Waals surface area contributed by atoms with Gasteiger partial charge in [-0.05, 0) is 19.1 Å². The van der Waals surface area contributed by atoms with Crippen molar-refractivity contribution in [1.82, 2.24) is 0 Å². The zero-order valence-electron chi connectivity index (χ0n) is 8.29. The molecular weight excluding hydrogens is 196 g/mol. The first-order valence-corrected chi connectivity index (χ1v) is 5.53. The fourth-order valence-electron chi connectivity index (χ4n) is 1.44. The number of hydrogen-bond acceptors (Lipinski definition) is 3. The van der Waals surface area contributed by atoms with Crippen LogP contribution < -0.4 is 0 Å². The summed E-state index contributed by atoms with van der Waals surface area (Å²) >= 11 is 1.75. The fourth-order valence-corrected chi connectivity index (χ4v) is 2.56. The molecule has 1 aromatic rings. The lowest BCUT2D eigenvalue weighted by molar-refractivity contribution is -0.0413. The number of allylic oxidation sites excluding steroid dienone is 1. The Morgan fingerprint density at radius 1 is 1.50 bits per heavy atom. The van der Waals surface area contributed by atoms with Gasteiger partial charge in [-0.25, -0.2) is 0 Å². The molecule has 0 aromatic carbocycles. The molecule has 0 N–H and O–H groups in total. The Morgan fingerprint density at radius 3 is 2.86 bits per heavy atom. The Kier molecular flexibility index (Phi) is 3.01. The van der Waals surface area contributed by atoms with E-state index < -0.39 is 0 Å². The molecular formula is C11H14O2S. The molecule has 3 heteroatoms. The molecule has 0 unspecified atom stereocenters. The normalized spacial score (nSPS) is 17.5. The molecule has 2 heterocycles. The molecule has 0 spiro atoms. The van der Waals surface area contributed by atoms with Crippen molar-refractivity contribution >= 4 is 11.3 Å². The highest BCUT2D eigenvalue weighted by atomic mass is 32.1. The molecule has 0 atom stereocenters. The monoisotopic (exact) mass is 210 g/mol. The van der Waals surface area contributed by atoms with E-state index in [2.05, 4.69) is 18.7 Å². The standard InChI is InChI=1S/C11H14O2S/c1-8(2)7-9-3-4-10(14-9)11-12-5-6-13-11/h3-4,11H,1,5-7H2,2H3. The lowest BCUT2D eigenvalue weighted by atomic mass is 10.2. The van der Waals surface area contributed by atoms with Gasteiger partial charge in [0, 0.05) is 11.3 Å². The smallest absolute Gasteiger partial charge is 0.193 e. The number of hydrogen-bond donors (Lipinski definition) is 0. The third-order valence-electron chi connectivity index (χ3n) is 2.01.